The number of amides is 1. The second-order valence-corrected chi connectivity index (χ2v) is 8.44. The molecule has 0 spiro atoms. The number of carbonyl (C=O) groups excluding carboxylic acids is 1. The molecule has 2 aromatic carbocycles. The van der Waals surface area contributed by atoms with E-state index in [1.807, 2.05) is 55.5 Å². The molecule has 1 saturated heterocycles. The number of para-hydroxylation sites is 1. The molecule has 34 heavy (non-hydrogen) atoms. The van der Waals surface area contributed by atoms with Crippen LogP contribution in [0.2, 0.25) is 0 Å². The topological polar surface area (TPSA) is 66.9 Å². The van der Waals surface area contributed by atoms with E-state index in [2.05, 4.69) is 26.2 Å². The lowest BCUT2D eigenvalue weighted by molar-refractivity contribution is 0.102. The third-order valence-corrected chi connectivity index (χ3v) is 6.19. The Morgan fingerprint density at radius 2 is 1.82 bits per heavy atom. The fraction of sp³-hybridized carbons (Fsp3) is 0.333. The first-order chi connectivity index (χ1) is 16.6. The van der Waals surface area contributed by atoms with Crippen LogP contribution in [0.4, 0.5) is 11.5 Å². The van der Waals surface area contributed by atoms with E-state index in [4.69, 9.17) is 9.47 Å². The third kappa shape index (κ3) is 5.48. The number of ether oxygens (including phenoxy) is 2. The van der Waals surface area contributed by atoms with Gasteiger partial charge in [-0.3, -0.25) is 9.69 Å². The van der Waals surface area contributed by atoms with Crippen molar-refractivity contribution in [3.63, 3.8) is 0 Å². The van der Waals surface area contributed by atoms with Gasteiger partial charge in [0.05, 0.1) is 26.1 Å². The Hall–Kier alpha value is -3.58. The summed E-state index contributed by atoms with van der Waals surface area (Å²) in [5.74, 6) is 2.37. The van der Waals surface area contributed by atoms with Gasteiger partial charge in [-0.15, -0.1) is 0 Å². The van der Waals surface area contributed by atoms with E-state index in [-0.39, 0.29) is 5.91 Å². The van der Waals surface area contributed by atoms with Crippen molar-refractivity contribution in [1.82, 2.24) is 9.88 Å². The van der Waals surface area contributed by atoms with Crippen molar-refractivity contribution in [2.45, 2.75) is 19.9 Å². The summed E-state index contributed by atoms with van der Waals surface area (Å²) in [5.41, 5.74) is 3.44. The van der Waals surface area contributed by atoms with Gasteiger partial charge in [0.2, 0.25) is 0 Å². The van der Waals surface area contributed by atoms with Crippen molar-refractivity contribution < 1.29 is 14.3 Å². The summed E-state index contributed by atoms with van der Waals surface area (Å²) < 4.78 is 11.0. The molecule has 0 atom stereocenters. The first-order valence-electron chi connectivity index (χ1n) is 11.6. The van der Waals surface area contributed by atoms with Crippen LogP contribution >= 0.6 is 0 Å². The molecule has 178 valence electrons. The van der Waals surface area contributed by atoms with Gasteiger partial charge in [-0.25, -0.2) is 4.98 Å². The van der Waals surface area contributed by atoms with Crippen molar-refractivity contribution >= 4 is 17.4 Å². The van der Waals surface area contributed by atoms with Crippen LogP contribution in [0, 0.1) is 6.92 Å². The summed E-state index contributed by atoms with van der Waals surface area (Å²) in [4.78, 5) is 21.9. The zero-order chi connectivity index (χ0) is 23.9. The van der Waals surface area contributed by atoms with Gasteiger partial charge in [0.1, 0.15) is 5.82 Å². The Morgan fingerprint density at radius 3 is 2.56 bits per heavy atom. The fourth-order valence-electron chi connectivity index (χ4n) is 4.35. The maximum atomic E-state index is 12.6. The van der Waals surface area contributed by atoms with Gasteiger partial charge >= 0.3 is 0 Å². The molecule has 7 nitrogen and oxygen atoms in total. The van der Waals surface area contributed by atoms with Crippen molar-refractivity contribution in [1.29, 1.82) is 0 Å². The molecule has 1 aliphatic rings. The van der Waals surface area contributed by atoms with Crippen molar-refractivity contribution in [3.05, 3.63) is 77.5 Å². The molecular weight excluding hydrogens is 428 g/mol. The molecule has 2 heterocycles. The van der Waals surface area contributed by atoms with E-state index in [0.29, 0.717) is 11.3 Å². The molecule has 0 aliphatic carbocycles. The second-order valence-electron chi connectivity index (χ2n) is 8.44. The summed E-state index contributed by atoms with van der Waals surface area (Å²) in [6.07, 6.45) is 2.77. The molecule has 0 unspecified atom stereocenters. The summed E-state index contributed by atoms with van der Waals surface area (Å²) in [7, 11) is 3.35. The first-order valence-corrected chi connectivity index (χ1v) is 11.6. The zero-order valence-corrected chi connectivity index (χ0v) is 20.1. The smallest absolute Gasteiger partial charge is 0.255 e. The van der Waals surface area contributed by atoms with Gasteiger partial charge in [-0.1, -0.05) is 30.3 Å². The summed E-state index contributed by atoms with van der Waals surface area (Å²) >= 11 is 0. The number of aryl methyl sites for hydroxylation is 1. The van der Waals surface area contributed by atoms with Crippen LogP contribution < -0.4 is 19.7 Å². The lowest BCUT2D eigenvalue weighted by atomic mass is 10.1. The summed E-state index contributed by atoms with van der Waals surface area (Å²) in [6, 6.07) is 17.5. The van der Waals surface area contributed by atoms with Gasteiger partial charge in [0.15, 0.2) is 11.5 Å². The Morgan fingerprint density at radius 1 is 0.971 bits per heavy atom. The molecule has 0 bridgehead atoms. The predicted molar refractivity (Wildman–Crippen MR) is 135 cm³/mol. The minimum Gasteiger partial charge on any atom is -0.493 e. The zero-order valence-electron chi connectivity index (χ0n) is 20.1. The number of hydrogen-bond acceptors (Lipinski definition) is 6. The van der Waals surface area contributed by atoms with Gasteiger partial charge in [0, 0.05) is 43.9 Å². The standard InChI is InChI=1S/C27H32N4O3/c1-20-8-4-5-10-23(20)27(32)29-22-12-13-25(28-18-22)31-15-7-14-30(16-17-31)19-21-9-6-11-24(33-2)26(21)34-3/h4-6,8-13,18H,7,14-17,19H2,1-3H3,(H,29,32). The number of aromatic nitrogens is 1. The number of nitrogens with one attached hydrogen (secondary N) is 1. The Bertz CT molecular complexity index is 1120. The van der Waals surface area contributed by atoms with Crippen LogP contribution in [0.3, 0.4) is 0 Å². The molecule has 7 heteroatoms. The van der Waals surface area contributed by atoms with Crippen molar-refractivity contribution in [3.8, 4) is 11.5 Å². The number of rotatable bonds is 7. The van der Waals surface area contributed by atoms with Gasteiger partial charge in [0.25, 0.3) is 5.91 Å². The highest BCUT2D eigenvalue weighted by molar-refractivity contribution is 6.05. The van der Waals surface area contributed by atoms with Gasteiger partial charge in [-0.05, 0) is 43.2 Å². The monoisotopic (exact) mass is 460 g/mol. The number of anilines is 2. The highest BCUT2D eigenvalue weighted by Gasteiger charge is 2.19. The molecule has 0 radical (unpaired) electrons. The summed E-state index contributed by atoms with van der Waals surface area (Å²) in [6.45, 7) is 6.49. The van der Waals surface area contributed by atoms with Gasteiger partial charge in [-0.2, -0.15) is 0 Å². The quantitative estimate of drug-likeness (QED) is 0.565. The van der Waals surface area contributed by atoms with Crippen molar-refractivity contribution in [2.24, 2.45) is 0 Å². The molecule has 0 saturated carbocycles. The number of methoxy groups -OCH3 is 2. The largest absolute Gasteiger partial charge is 0.493 e. The van der Waals surface area contributed by atoms with E-state index >= 15 is 0 Å². The minimum absolute atomic E-state index is 0.119. The third-order valence-electron chi connectivity index (χ3n) is 6.19. The lowest BCUT2D eigenvalue weighted by Gasteiger charge is -2.23. The molecule has 1 aliphatic heterocycles. The van der Waals surface area contributed by atoms with E-state index in [9.17, 15) is 4.79 Å². The predicted octanol–water partition coefficient (Wildman–Crippen LogP) is 4.37. The normalized spacial score (nSPS) is 14.4. The number of nitrogens with zero attached hydrogens (tertiary/aromatic N) is 3. The van der Waals surface area contributed by atoms with Crippen LogP contribution in [-0.2, 0) is 6.54 Å². The van der Waals surface area contributed by atoms with E-state index in [1.54, 1.807) is 20.4 Å². The summed E-state index contributed by atoms with van der Waals surface area (Å²) in [5, 5.41) is 2.95. The molecular formula is C27H32N4O3. The number of carbonyl (C=O) groups is 1. The molecule has 1 fully saturated rings. The number of hydrogen-bond donors (Lipinski definition) is 1. The highest BCUT2D eigenvalue weighted by Crippen LogP contribution is 2.31. The van der Waals surface area contributed by atoms with Crippen molar-refractivity contribution in [2.75, 3.05) is 50.6 Å². The Balaban J connectivity index is 1.36. The van der Waals surface area contributed by atoms with Crippen LogP contribution in [0.25, 0.3) is 0 Å². The second kappa shape index (κ2) is 11.0. The molecule has 1 amide bonds. The molecule has 3 aromatic rings. The maximum absolute atomic E-state index is 12.6. The highest BCUT2D eigenvalue weighted by atomic mass is 16.5. The minimum atomic E-state index is -0.119. The first kappa shape index (κ1) is 23.6. The average Bonchev–Trinajstić information content (AvgIpc) is 3.10. The van der Waals surface area contributed by atoms with Crippen LogP contribution in [0.15, 0.2) is 60.8 Å². The number of pyridine rings is 1. The molecule has 1 aromatic heterocycles. The molecule has 1 N–H and O–H groups in total. The maximum Gasteiger partial charge on any atom is 0.255 e. The van der Waals surface area contributed by atoms with Crippen LogP contribution in [0.1, 0.15) is 27.9 Å². The fourth-order valence-corrected chi connectivity index (χ4v) is 4.35. The average molecular weight is 461 g/mol. The van der Waals surface area contributed by atoms with E-state index < -0.39 is 0 Å². The van der Waals surface area contributed by atoms with Crippen LogP contribution in [-0.4, -0.2) is 56.2 Å². The van der Waals surface area contributed by atoms with E-state index in [1.165, 1.54) is 0 Å². The Labute approximate surface area is 201 Å². The van der Waals surface area contributed by atoms with E-state index in [0.717, 1.165) is 67.6 Å². The molecule has 4 rings (SSSR count). The SMILES string of the molecule is COc1cccc(CN2CCCN(c3ccc(NC(=O)c4ccccc4C)cn3)CC2)c1OC. The number of benzene rings is 2. The lowest BCUT2D eigenvalue weighted by Crippen LogP contribution is -2.31. The Kier molecular flexibility index (Phi) is 7.65. The van der Waals surface area contributed by atoms with Gasteiger partial charge < -0.3 is 19.7 Å². The van der Waals surface area contributed by atoms with Crippen LogP contribution in [0.5, 0.6) is 11.5 Å².